The van der Waals surface area contributed by atoms with Gasteiger partial charge in [0.15, 0.2) is 0 Å². The lowest BCUT2D eigenvalue weighted by Gasteiger charge is -2.21. The van der Waals surface area contributed by atoms with Crippen LogP contribution in [0.2, 0.25) is 5.02 Å². The molecule has 0 radical (unpaired) electrons. The molecule has 4 heteroatoms. The summed E-state index contributed by atoms with van der Waals surface area (Å²) in [6.07, 6.45) is 0.938. The first-order chi connectivity index (χ1) is 8.49. The second-order valence-corrected chi connectivity index (χ2v) is 4.85. The summed E-state index contributed by atoms with van der Waals surface area (Å²) in [5, 5.41) is 3.91. The Bertz CT molecular complexity index is 420. The monoisotopic (exact) mass is 269 g/mol. The van der Waals surface area contributed by atoms with Crippen LogP contribution in [0.4, 0.5) is 0 Å². The first-order valence-corrected chi connectivity index (χ1v) is 6.47. The fourth-order valence-electron chi connectivity index (χ4n) is 1.61. The van der Waals surface area contributed by atoms with E-state index >= 15 is 0 Å². The van der Waals surface area contributed by atoms with Crippen LogP contribution in [-0.2, 0) is 9.53 Å². The molecule has 0 amide bonds. The number of halogens is 1. The number of nitrogens with one attached hydrogen (secondary N) is 1. The van der Waals surface area contributed by atoms with E-state index in [1.54, 1.807) is 0 Å². The highest BCUT2D eigenvalue weighted by Crippen LogP contribution is 2.22. The summed E-state index contributed by atoms with van der Waals surface area (Å²) in [6.45, 7) is 6.03. The maximum atomic E-state index is 11.8. The quantitative estimate of drug-likeness (QED) is 0.834. The lowest BCUT2D eigenvalue weighted by Crippen LogP contribution is -2.35. The zero-order valence-electron chi connectivity index (χ0n) is 11.3. The van der Waals surface area contributed by atoms with Crippen molar-refractivity contribution in [2.45, 2.75) is 39.3 Å². The van der Waals surface area contributed by atoms with Crippen molar-refractivity contribution in [2.75, 3.05) is 7.11 Å². The van der Waals surface area contributed by atoms with Crippen molar-refractivity contribution in [1.82, 2.24) is 5.32 Å². The van der Waals surface area contributed by atoms with Crippen LogP contribution in [0.5, 0.6) is 0 Å². The Balaban J connectivity index is 3.01. The predicted octanol–water partition coefficient (Wildman–Crippen LogP) is 3.25. The molecule has 0 saturated carbocycles. The van der Waals surface area contributed by atoms with E-state index in [9.17, 15) is 4.79 Å². The SMILES string of the molecule is CCC(C)NC(C(=O)OC)c1ccc(C)c(Cl)c1. The molecule has 0 heterocycles. The molecule has 100 valence electrons. The lowest BCUT2D eigenvalue weighted by molar-refractivity contribution is -0.143. The largest absolute Gasteiger partial charge is 0.468 e. The van der Waals surface area contributed by atoms with Crippen molar-refractivity contribution < 1.29 is 9.53 Å². The van der Waals surface area contributed by atoms with Gasteiger partial charge in [-0.15, -0.1) is 0 Å². The van der Waals surface area contributed by atoms with Gasteiger partial charge in [-0.3, -0.25) is 5.32 Å². The minimum atomic E-state index is -0.469. The van der Waals surface area contributed by atoms with E-state index in [2.05, 4.69) is 12.2 Å². The van der Waals surface area contributed by atoms with E-state index in [4.69, 9.17) is 16.3 Å². The van der Waals surface area contributed by atoms with Crippen molar-refractivity contribution >= 4 is 17.6 Å². The molecule has 0 aliphatic rings. The van der Waals surface area contributed by atoms with Crippen LogP contribution < -0.4 is 5.32 Å². The molecular formula is C14H20ClNO2. The number of rotatable bonds is 5. The number of esters is 1. The van der Waals surface area contributed by atoms with Gasteiger partial charge in [-0.05, 0) is 37.5 Å². The Morgan fingerprint density at radius 3 is 2.67 bits per heavy atom. The van der Waals surface area contributed by atoms with Gasteiger partial charge in [-0.2, -0.15) is 0 Å². The van der Waals surface area contributed by atoms with Crippen LogP contribution in [-0.4, -0.2) is 19.1 Å². The second kappa shape index (κ2) is 6.76. The van der Waals surface area contributed by atoms with Gasteiger partial charge in [-0.1, -0.05) is 30.7 Å². The topological polar surface area (TPSA) is 38.3 Å². The molecular weight excluding hydrogens is 250 g/mol. The average molecular weight is 270 g/mol. The van der Waals surface area contributed by atoms with Gasteiger partial charge in [0, 0.05) is 11.1 Å². The third-order valence-electron chi connectivity index (χ3n) is 3.03. The molecule has 1 aromatic rings. The molecule has 0 aliphatic carbocycles. The molecule has 0 fully saturated rings. The fourth-order valence-corrected chi connectivity index (χ4v) is 1.80. The number of carbonyl (C=O) groups is 1. The van der Waals surface area contributed by atoms with Gasteiger partial charge in [0.2, 0.25) is 0 Å². The Morgan fingerprint density at radius 2 is 2.17 bits per heavy atom. The summed E-state index contributed by atoms with van der Waals surface area (Å²) < 4.78 is 4.84. The summed E-state index contributed by atoms with van der Waals surface area (Å²) in [4.78, 5) is 11.8. The fraction of sp³-hybridized carbons (Fsp3) is 0.500. The molecule has 2 atom stereocenters. The molecule has 0 bridgehead atoms. The van der Waals surface area contributed by atoms with Crippen molar-refractivity contribution in [1.29, 1.82) is 0 Å². The third kappa shape index (κ3) is 3.72. The number of aryl methyl sites for hydroxylation is 1. The van der Waals surface area contributed by atoms with E-state index in [-0.39, 0.29) is 12.0 Å². The standard InChI is InChI=1S/C14H20ClNO2/c1-5-10(3)16-13(14(17)18-4)11-7-6-9(2)12(15)8-11/h6-8,10,13,16H,5H2,1-4H3. The minimum Gasteiger partial charge on any atom is -0.468 e. The molecule has 18 heavy (non-hydrogen) atoms. The normalized spacial score (nSPS) is 14.1. The van der Waals surface area contributed by atoms with E-state index in [0.717, 1.165) is 17.5 Å². The van der Waals surface area contributed by atoms with Crippen molar-refractivity contribution in [3.8, 4) is 0 Å². The van der Waals surface area contributed by atoms with Crippen LogP contribution in [0.3, 0.4) is 0 Å². The number of hydrogen-bond acceptors (Lipinski definition) is 3. The van der Waals surface area contributed by atoms with Crippen LogP contribution in [0.15, 0.2) is 18.2 Å². The zero-order valence-corrected chi connectivity index (χ0v) is 12.0. The Labute approximate surface area is 113 Å². The summed E-state index contributed by atoms with van der Waals surface area (Å²) in [5.41, 5.74) is 1.82. The Morgan fingerprint density at radius 1 is 1.50 bits per heavy atom. The number of benzene rings is 1. The molecule has 3 nitrogen and oxygen atoms in total. The van der Waals surface area contributed by atoms with E-state index < -0.39 is 6.04 Å². The third-order valence-corrected chi connectivity index (χ3v) is 3.44. The molecule has 2 unspecified atom stereocenters. The van der Waals surface area contributed by atoms with Crippen LogP contribution in [0.1, 0.15) is 37.4 Å². The highest BCUT2D eigenvalue weighted by Gasteiger charge is 2.23. The lowest BCUT2D eigenvalue weighted by atomic mass is 10.0. The van der Waals surface area contributed by atoms with Gasteiger partial charge < -0.3 is 4.74 Å². The van der Waals surface area contributed by atoms with Crippen molar-refractivity contribution in [3.05, 3.63) is 34.3 Å². The van der Waals surface area contributed by atoms with Crippen LogP contribution >= 0.6 is 11.6 Å². The van der Waals surface area contributed by atoms with Gasteiger partial charge in [0.25, 0.3) is 0 Å². The van der Waals surface area contributed by atoms with E-state index in [1.807, 2.05) is 32.0 Å². The van der Waals surface area contributed by atoms with Crippen molar-refractivity contribution in [2.24, 2.45) is 0 Å². The molecule has 1 rings (SSSR count). The molecule has 0 saturated heterocycles. The molecule has 1 N–H and O–H groups in total. The first-order valence-electron chi connectivity index (χ1n) is 6.09. The predicted molar refractivity (Wildman–Crippen MR) is 73.8 cm³/mol. The molecule has 1 aromatic carbocycles. The number of ether oxygens (including phenoxy) is 1. The maximum Gasteiger partial charge on any atom is 0.327 e. The van der Waals surface area contributed by atoms with Crippen LogP contribution in [0, 0.1) is 6.92 Å². The number of carbonyl (C=O) groups excluding carboxylic acids is 1. The summed E-state index contributed by atoms with van der Waals surface area (Å²) >= 11 is 6.10. The first kappa shape index (κ1) is 15.0. The zero-order chi connectivity index (χ0) is 13.7. The van der Waals surface area contributed by atoms with Gasteiger partial charge >= 0.3 is 5.97 Å². The molecule has 0 aliphatic heterocycles. The Hall–Kier alpha value is -1.06. The van der Waals surface area contributed by atoms with E-state index in [0.29, 0.717) is 5.02 Å². The smallest absolute Gasteiger partial charge is 0.327 e. The van der Waals surface area contributed by atoms with Crippen LogP contribution in [0.25, 0.3) is 0 Å². The van der Waals surface area contributed by atoms with Gasteiger partial charge in [0.05, 0.1) is 7.11 Å². The summed E-state index contributed by atoms with van der Waals surface area (Å²) in [6, 6.07) is 5.38. The number of methoxy groups -OCH3 is 1. The maximum absolute atomic E-state index is 11.8. The second-order valence-electron chi connectivity index (χ2n) is 4.44. The number of hydrogen-bond donors (Lipinski definition) is 1. The molecule has 0 aromatic heterocycles. The van der Waals surface area contributed by atoms with Gasteiger partial charge in [-0.25, -0.2) is 4.79 Å². The highest BCUT2D eigenvalue weighted by atomic mass is 35.5. The molecule has 0 spiro atoms. The minimum absolute atomic E-state index is 0.231. The van der Waals surface area contributed by atoms with E-state index in [1.165, 1.54) is 7.11 Å². The Kier molecular flexibility index (Phi) is 5.63. The summed E-state index contributed by atoms with van der Waals surface area (Å²) in [7, 11) is 1.39. The van der Waals surface area contributed by atoms with Gasteiger partial charge in [0.1, 0.15) is 6.04 Å². The average Bonchev–Trinajstić information content (AvgIpc) is 2.38. The highest BCUT2D eigenvalue weighted by molar-refractivity contribution is 6.31. The summed E-state index contributed by atoms with van der Waals surface area (Å²) in [5.74, 6) is -0.296. The van der Waals surface area contributed by atoms with Crippen molar-refractivity contribution in [3.63, 3.8) is 0 Å².